The maximum absolute atomic E-state index is 9.56. The lowest BCUT2D eigenvalue weighted by molar-refractivity contribution is 0.108. The third kappa shape index (κ3) is 4.00. The minimum atomic E-state index is -0.596. The Kier molecular flexibility index (Phi) is 5.60. The van der Waals surface area contributed by atoms with Gasteiger partial charge in [-0.15, -0.1) is 0 Å². The monoisotopic (exact) mass is 244 g/mol. The molecule has 4 heteroatoms. The smallest absolute Gasteiger partial charge is 0.125 e. The minimum Gasteiger partial charge on any atom is -0.491 e. The molecule has 0 aromatic heterocycles. The van der Waals surface area contributed by atoms with Crippen molar-refractivity contribution in [1.82, 2.24) is 0 Å². The van der Waals surface area contributed by atoms with Gasteiger partial charge in [-0.05, 0) is 32.0 Å². The maximum Gasteiger partial charge on any atom is 0.125 e. The third-order valence-corrected chi connectivity index (χ3v) is 2.35. The van der Waals surface area contributed by atoms with Crippen LogP contribution < -0.4 is 4.74 Å². The largest absolute Gasteiger partial charge is 0.491 e. The summed E-state index contributed by atoms with van der Waals surface area (Å²) in [5.74, 6) is 0.652. The van der Waals surface area contributed by atoms with Gasteiger partial charge in [-0.1, -0.05) is 11.6 Å². The Morgan fingerprint density at radius 1 is 1.38 bits per heavy atom. The van der Waals surface area contributed by atoms with Gasteiger partial charge in [0.05, 0.1) is 12.7 Å². The number of benzene rings is 1. The Bertz CT molecular complexity index is 326. The Labute approximate surface area is 101 Å². The van der Waals surface area contributed by atoms with Crippen molar-refractivity contribution in [3.63, 3.8) is 0 Å². The van der Waals surface area contributed by atoms with Gasteiger partial charge in [0.25, 0.3) is 0 Å². The van der Waals surface area contributed by atoms with Crippen molar-refractivity contribution in [2.24, 2.45) is 0 Å². The number of aliphatic hydroxyl groups excluding tert-OH is 1. The lowest BCUT2D eigenvalue weighted by atomic mass is 10.1. The van der Waals surface area contributed by atoms with E-state index in [0.717, 1.165) is 0 Å². The van der Waals surface area contributed by atoms with Crippen molar-refractivity contribution in [1.29, 1.82) is 0 Å². The molecule has 0 unspecified atom stereocenters. The summed E-state index contributed by atoms with van der Waals surface area (Å²) in [6.07, 6.45) is -0.596. The van der Waals surface area contributed by atoms with Crippen LogP contribution in [-0.4, -0.2) is 24.9 Å². The molecule has 0 saturated carbocycles. The second-order valence-corrected chi connectivity index (χ2v) is 3.84. The van der Waals surface area contributed by atoms with Crippen molar-refractivity contribution in [3.05, 3.63) is 28.8 Å². The summed E-state index contributed by atoms with van der Waals surface area (Å²) in [5, 5.41) is 10.2. The standard InChI is InChI=1S/C12H17ClO3/c1-3-15-6-7-16-12-5-4-10(13)8-11(12)9(2)14/h4-5,8-9,14H,3,6-7H2,1-2H3/t9-/m1/s1. The number of ether oxygens (including phenoxy) is 2. The Morgan fingerprint density at radius 3 is 2.75 bits per heavy atom. The Hall–Kier alpha value is -0.770. The van der Waals surface area contributed by atoms with E-state index in [9.17, 15) is 5.11 Å². The molecule has 0 aliphatic heterocycles. The summed E-state index contributed by atoms with van der Waals surface area (Å²) in [4.78, 5) is 0. The van der Waals surface area contributed by atoms with E-state index in [2.05, 4.69) is 0 Å². The number of hydrogen-bond acceptors (Lipinski definition) is 3. The molecule has 1 aromatic rings. The fourth-order valence-electron chi connectivity index (χ4n) is 1.33. The minimum absolute atomic E-state index is 0.467. The molecule has 1 N–H and O–H groups in total. The molecular weight excluding hydrogens is 228 g/mol. The highest BCUT2D eigenvalue weighted by Crippen LogP contribution is 2.28. The summed E-state index contributed by atoms with van der Waals surface area (Å²) >= 11 is 5.85. The van der Waals surface area contributed by atoms with Crippen LogP contribution in [0.2, 0.25) is 5.02 Å². The molecule has 1 aromatic carbocycles. The molecule has 0 spiro atoms. The zero-order valence-corrected chi connectivity index (χ0v) is 10.3. The molecule has 0 aliphatic rings. The van der Waals surface area contributed by atoms with Gasteiger partial charge in [-0.25, -0.2) is 0 Å². The lowest BCUT2D eigenvalue weighted by Gasteiger charge is -2.13. The van der Waals surface area contributed by atoms with Crippen LogP contribution in [0.3, 0.4) is 0 Å². The molecule has 0 radical (unpaired) electrons. The fourth-order valence-corrected chi connectivity index (χ4v) is 1.51. The van der Waals surface area contributed by atoms with Gasteiger partial charge < -0.3 is 14.6 Å². The SMILES string of the molecule is CCOCCOc1ccc(Cl)cc1[C@@H](C)O. The van der Waals surface area contributed by atoms with Gasteiger partial charge in [-0.2, -0.15) is 0 Å². The maximum atomic E-state index is 9.56. The zero-order valence-electron chi connectivity index (χ0n) is 9.57. The molecule has 90 valence electrons. The van der Waals surface area contributed by atoms with Crippen LogP contribution in [0.5, 0.6) is 5.75 Å². The third-order valence-electron chi connectivity index (χ3n) is 2.11. The second kappa shape index (κ2) is 6.74. The molecule has 0 fully saturated rings. The quantitative estimate of drug-likeness (QED) is 0.782. The van der Waals surface area contributed by atoms with Crippen LogP contribution in [-0.2, 0) is 4.74 Å². The van der Waals surface area contributed by atoms with Crippen LogP contribution in [0.25, 0.3) is 0 Å². The zero-order chi connectivity index (χ0) is 12.0. The predicted octanol–water partition coefficient (Wildman–Crippen LogP) is 2.81. The molecule has 1 atom stereocenters. The van der Waals surface area contributed by atoms with E-state index < -0.39 is 6.10 Å². The van der Waals surface area contributed by atoms with Gasteiger partial charge >= 0.3 is 0 Å². The first-order valence-electron chi connectivity index (χ1n) is 5.33. The van der Waals surface area contributed by atoms with Crippen LogP contribution in [0, 0.1) is 0 Å². The average Bonchev–Trinajstić information content (AvgIpc) is 2.26. The average molecular weight is 245 g/mol. The molecule has 0 saturated heterocycles. The molecule has 16 heavy (non-hydrogen) atoms. The van der Waals surface area contributed by atoms with Crippen molar-refractivity contribution in [2.75, 3.05) is 19.8 Å². The molecule has 0 amide bonds. The number of halogens is 1. The van der Waals surface area contributed by atoms with Crippen molar-refractivity contribution in [3.8, 4) is 5.75 Å². The van der Waals surface area contributed by atoms with E-state index >= 15 is 0 Å². The van der Waals surface area contributed by atoms with E-state index in [1.807, 2.05) is 6.92 Å². The summed E-state index contributed by atoms with van der Waals surface area (Å²) in [6.45, 7) is 5.30. The van der Waals surface area contributed by atoms with Gasteiger partial charge in [0.1, 0.15) is 12.4 Å². The van der Waals surface area contributed by atoms with Crippen molar-refractivity contribution >= 4 is 11.6 Å². The molecular formula is C12H17ClO3. The first-order valence-corrected chi connectivity index (χ1v) is 5.71. The van der Waals surface area contributed by atoms with E-state index in [1.54, 1.807) is 25.1 Å². The van der Waals surface area contributed by atoms with Crippen LogP contribution in [0.4, 0.5) is 0 Å². The van der Waals surface area contributed by atoms with Crippen LogP contribution >= 0.6 is 11.6 Å². The highest BCUT2D eigenvalue weighted by Gasteiger charge is 2.09. The van der Waals surface area contributed by atoms with E-state index in [-0.39, 0.29) is 0 Å². The van der Waals surface area contributed by atoms with Crippen LogP contribution in [0.1, 0.15) is 25.5 Å². The Morgan fingerprint density at radius 2 is 2.12 bits per heavy atom. The van der Waals surface area contributed by atoms with Gasteiger partial charge in [0.15, 0.2) is 0 Å². The molecule has 0 heterocycles. The first kappa shape index (κ1) is 13.3. The molecule has 3 nitrogen and oxygen atoms in total. The number of rotatable bonds is 6. The summed E-state index contributed by atoms with van der Waals surface area (Å²) in [7, 11) is 0. The first-order chi connectivity index (χ1) is 7.65. The molecule has 1 rings (SSSR count). The summed E-state index contributed by atoms with van der Waals surface area (Å²) in [6, 6.07) is 5.21. The highest BCUT2D eigenvalue weighted by atomic mass is 35.5. The topological polar surface area (TPSA) is 38.7 Å². The Balaban J connectivity index is 2.64. The predicted molar refractivity (Wildman–Crippen MR) is 64.1 cm³/mol. The summed E-state index contributed by atoms with van der Waals surface area (Å²) in [5.41, 5.74) is 0.698. The number of hydrogen-bond donors (Lipinski definition) is 1. The van der Waals surface area contributed by atoms with E-state index in [1.165, 1.54) is 0 Å². The van der Waals surface area contributed by atoms with E-state index in [0.29, 0.717) is 36.2 Å². The van der Waals surface area contributed by atoms with Crippen molar-refractivity contribution < 1.29 is 14.6 Å². The fraction of sp³-hybridized carbons (Fsp3) is 0.500. The van der Waals surface area contributed by atoms with Gasteiger partial charge in [0, 0.05) is 17.2 Å². The van der Waals surface area contributed by atoms with E-state index in [4.69, 9.17) is 21.1 Å². The van der Waals surface area contributed by atoms with Crippen molar-refractivity contribution in [2.45, 2.75) is 20.0 Å². The molecule has 0 aliphatic carbocycles. The van der Waals surface area contributed by atoms with Crippen LogP contribution in [0.15, 0.2) is 18.2 Å². The molecule has 0 bridgehead atoms. The highest BCUT2D eigenvalue weighted by molar-refractivity contribution is 6.30. The summed E-state index contributed by atoms with van der Waals surface area (Å²) < 4.78 is 10.7. The lowest BCUT2D eigenvalue weighted by Crippen LogP contribution is -2.08. The number of aliphatic hydroxyl groups is 1. The second-order valence-electron chi connectivity index (χ2n) is 3.40. The van der Waals surface area contributed by atoms with Gasteiger partial charge in [-0.3, -0.25) is 0 Å². The normalized spacial score (nSPS) is 12.5. The van der Waals surface area contributed by atoms with Gasteiger partial charge in [0.2, 0.25) is 0 Å².